The Morgan fingerprint density at radius 3 is 3.00 bits per heavy atom. The number of benzene rings is 1. The van der Waals surface area contributed by atoms with Gasteiger partial charge in [-0.25, -0.2) is 4.99 Å². The van der Waals surface area contributed by atoms with E-state index < -0.39 is 0 Å². The highest BCUT2D eigenvalue weighted by atomic mass is 127. The maximum atomic E-state index is 5.72. The van der Waals surface area contributed by atoms with Crippen LogP contribution in [-0.2, 0) is 22.4 Å². The van der Waals surface area contributed by atoms with Gasteiger partial charge in [0.15, 0.2) is 5.96 Å². The molecule has 7 heteroatoms. The maximum absolute atomic E-state index is 5.72. The molecule has 0 amide bonds. The fourth-order valence-corrected chi connectivity index (χ4v) is 3.82. The zero-order chi connectivity index (χ0) is 19.6. The lowest BCUT2D eigenvalue weighted by Gasteiger charge is -2.27. The molecule has 1 aromatic rings. The van der Waals surface area contributed by atoms with Crippen molar-refractivity contribution >= 4 is 35.6 Å². The first-order valence-corrected chi connectivity index (χ1v) is 10.8. The number of guanidine groups is 1. The molecule has 29 heavy (non-hydrogen) atoms. The lowest BCUT2D eigenvalue weighted by molar-refractivity contribution is 0.0168. The van der Waals surface area contributed by atoms with Gasteiger partial charge in [-0.2, -0.15) is 0 Å². The van der Waals surface area contributed by atoms with Crippen molar-refractivity contribution in [3.8, 4) is 0 Å². The van der Waals surface area contributed by atoms with E-state index in [1.54, 1.807) is 0 Å². The number of nitrogens with one attached hydrogen (secondary N) is 2. The molecule has 6 nitrogen and oxygen atoms in total. The molecule has 1 saturated heterocycles. The molecule has 2 aliphatic rings. The summed E-state index contributed by atoms with van der Waals surface area (Å²) >= 11 is 0. The van der Waals surface area contributed by atoms with E-state index in [1.807, 2.05) is 0 Å². The van der Waals surface area contributed by atoms with Crippen molar-refractivity contribution in [2.75, 3.05) is 51.4 Å². The van der Waals surface area contributed by atoms with Crippen LogP contribution in [0.15, 0.2) is 23.2 Å². The summed E-state index contributed by atoms with van der Waals surface area (Å²) in [4.78, 5) is 7.10. The van der Waals surface area contributed by atoms with Gasteiger partial charge in [0, 0.05) is 45.6 Å². The van der Waals surface area contributed by atoms with Crippen molar-refractivity contribution in [1.82, 2.24) is 10.6 Å². The summed E-state index contributed by atoms with van der Waals surface area (Å²) in [6.07, 6.45) is 5.97. The Morgan fingerprint density at radius 1 is 1.31 bits per heavy atom. The highest BCUT2D eigenvalue weighted by Crippen LogP contribution is 2.26. The van der Waals surface area contributed by atoms with E-state index in [9.17, 15) is 0 Å². The molecule has 2 aliphatic heterocycles. The fraction of sp³-hybridized carbons (Fsp3) is 0.682. The molecule has 0 spiro atoms. The molecule has 2 heterocycles. The summed E-state index contributed by atoms with van der Waals surface area (Å²) in [5.41, 5.74) is 4.08. The molecule has 0 saturated carbocycles. The van der Waals surface area contributed by atoms with Crippen LogP contribution in [0.1, 0.15) is 43.7 Å². The number of nitrogens with zero attached hydrogens (tertiary/aromatic N) is 2. The second-order valence-electron chi connectivity index (χ2n) is 7.67. The number of fused-ring (bicyclic) bond motifs is 1. The van der Waals surface area contributed by atoms with E-state index in [0.29, 0.717) is 12.6 Å². The average molecular weight is 516 g/mol. The second-order valence-corrected chi connectivity index (χ2v) is 7.67. The smallest absolute Gasteiger partial charge is 0.191 e. The quantitative estimate of drug-likeness (QED) is 0.228. The number of anilines is 1. The minimum absolute atomic E-state index is 0. The van der Waals surface area contributed by atoms with E-state index >= 15 is 0 Å². The van der Waals surface area contributed by atoms with Gasteiger partial charge in [0.05, 0.1) is 19.3 Å². The molecular weight excluding hydrogens is 479 g/mol. The predicted octanol–water partition coefficient (Wildman–Crippen LogP) is 3.33. The molecule has 0 aromatic heterocycles. The lowest BCUT2D eigenvalue weighted by atomic mass is 10.00. The first-order chi connectivity index (χ1) is 13.8. The number of rotatable bonds is 9. The number of hydrogen-bond acceptors (Lipinski definition) is 4. The average Bonchev–Trinajstić information content (AvgIpc) is 3.22. The van der Waals surface area contributed by atoms with Crippen LogP contribution < -0.4 is 15.5 Å². The summed E-state index contributed by atoms with van der Waals surface area (Å²) in [6.45, 7) is 8.02. The van der Waals surface area contributed by atoms with Crippen LogP contribution in [0.2, 0.25) is 0 Å². The number of hydrogen-bond donors (Lipinski definition) is 2. The van der Waals surface area contributed by atoms with Crippen molar-refractivity contribution in [2.24, 2.45) is 4.99 Å². The molecule has 1 atom stereocenters. The van der Waals surface area contributed by atoms with Crippen molar-refractivity contribution in [3.63, 3.8) is 0 Å². The third kappa shape index (κ3) is 7.94. The number of aliphatic imine (C=N–C) groups is 1. The largest absolute Gasteiger partial charge is 0.379 e. The monoisotopic (exact) mass is 516 g/mol. The van der Waals surface area contributed by atoms with E-state index in [1.165, 1.54) is 36.1 Å². The number of aryl methyl sites for hydroxylation is 1. The van der Waals surface area contributed by atoms with Crippen molar-refractivity contribution in [1.29, 1.82) is 0 Å². The van der Waals surface area contributed by atoms with Gasteiger partial charge < -0.3 is 25.0 Å². The van der Waals surface area contributed by atoms with Crippen LogP contribution in [0, 0.1) is 0 Å². The molecule has 2 N–H and O–H groups in total. The summed E-state index contributed by atoms with van der Waals surface area (Å²) in [5.74, 6) is 0.872. The molecule has 164 valence electrons. The molecule has 1 fully saturated rings. The molecule has 3 rings (SSSR count). The standard InChI is InChI=1S/C22H36N4O2.HI/c1-3-23-22(24-11-6-13-27-17-20-8-5-14-28-20)25-16-18-9-10-21-19(15-18)7-4-12-26(21)2;/h9-10,15,20H,3-8,11-14,16-17H2,1-2H3,(H2,23,24,25);1H. The Hall–Kier alpha value is -1.06. The molecule has 1 aromatic carbocycles. The molecule has 1 unspecified atom stereocenters. The van der Waals surface area contributed by atoms with Crippen LogP contribution >= 0.6 is 24.0 Å². The molecular formula is C22H37IN4O2. The van der Waals surface area contributed by atoms with Gasteiger partial charge in [0.25, 0.3) is 0 Å². The van der Waals surface area contributed by atoms with E-state index in [2.05, 4.69) is 47.7 Å². The normalized spacial score (nSPS) is 18.9. The third-order valence-corrected chi connectivity index (χ3v) is 5.34. The zero-order valence-electron chi connectivity index (χ0n) is 17.9. The SMILES string of the molecule is CCNC(=NCc1ccc2c(c1)CCCN2C)NCCCOCC1CCCO1.I. The minimum atomic E-state index is 0. The van der Waals surface area contributed by atoms with Crippen LogP contribution in [0.25, 0.3) is 0 Å². The highest BCUT2D eigenvalue weighted by Gasteiger charge is 2.15. The van der Waals surface area contributed by atoms with Crippen LogP contribution in [0.3, 0.4) is 0 Å². The summed E-state index contributed by atoms with van der Waals surface area (Å²) in [5, 5.41) is 6.74. The zero-order valence-corrected chi connectivity index (χ0v) is 20.2. The topological polar surface area (TPSA) is 58.1 Å². The fourth-order valence-electron chi connectivity index (χ4n) is 3.82. The van der Waals surface area contributed by atoms with Gasteiger partial charge in [-0.05, 0) is 56.2 Å². The van der Waals surface area contributed by atoms with Gasteiger partial charge in [0.1, 0.15) is 0 Å². The first kappa shape index (κ1) is 24.2. The highest BCUT2D eigenvalue weighted by molar-refractivity contribution is 14.0. The van der Waals surface area contributed by atoms with Crippen molar-refractivity contribution < 1.29 is 9.47 Å². The Bertz CT molecular complexity index is 635. The van der Waals surface area contributed by atoms with Gasteiger partial charge in [0.2, 0.25) is 0 Å². The minimum Gasteiger partial charge on any atom is -0.379 e. The van der Waals surface area contributed by atoms with E-state index in [4.69, 9.17) is 14.5 Å². The van der Waals surface area contributed by atoms with Gasteiger partial charge >= 0.3 is 0 Å². The van der Waals surface area contributed by atoms with Crippen LogP contribution in [-0.4, -0.2) is 58.6 Å². The predicted molar refractivity (Wildman–Crippen MR) is 131 cm³/mol. The Morgan fingerprint density at radius 2 is 2.21 bits per heavy atom. The van der Waals surface area contributed by atoms with Crippen molar-refractivity contribution in [3.05, 3.63) is 29.3 Å². The van der Waals surface area contributed by atoms with Crippen LogP contribution in [0.4, 0.5) is 5.69 Å². The third-order valence-electron chi connectivity index (χ3n) is 5.34. The lowest BCUT2D eigenvalue weighted by Crippen LogP contribution is -2.38. The number of halogens is 1. The second kappa shape index (κ2) is 13.3. The summed E-state index contributed by atoms with van der Waals surface area (Å²) < 4.78 is 11.3. The Labute approximate surface area is 192 Å². The van der Waals surface area contributed by atoms with Gasteiger partial charge in [-0.15, -0.1) is 24.0 Å². The summed E-state index contributed by atoms with van der Waals surface area (Å²) in [6, 6.07) is 6.76. The molecule has 0 aliphatic carbocycles. The van der Waals surface area contributed by atoms with Gasteiger partial charge in [-0.1, -0.05) is 12.1 Å². The summed E-state index contributed by atoms with van der Waals surface area (Å²) in [7, 11) is 2.17. The Balaban J connectivity index is 0.00000300. The Kier molecular flexibility index (Phi) is 11.1. The molecule has 0 radical (unpaired) electrons. The van der Waals surface area contributed by atoms with E-state index in [-0.39, 0.29) is 24.0 Å². The van der Waals surface area contributed by atoms with Gasteiger partial charge in [-0.3, -0.25) is 0 Å². The maximum Gasteiger partial charge on any atom is 0.191 e. The number of ether oxygens (including phenoxy) is 2. The first-order valence-electron chi connectivity index (χ1n) is 10.8. The van der Waals surface area contributed by atoms with Crippen molar-refractivity contribution in [2.45, 2.75) is 51.7 Å². The van der Waals surface area contributed by atoms with Crippen LogP contribution in [0.5, 0.6) is 0 Å². The van der Waals surface area contributed by atoms with E-state index in [0.717, 1.165) is 58.3 Å². The molecule has 0 bridgehead atoms.